The number of benzene rings is 1. The van der Waals surface area contributed by atoms with Gasteiger partial charge in [0.1, 0.15) is 12.4 Å². The number of ether oxygens (including phenoxy) is 2. The summed E-state index contributed by atoms with van der Waals surface area (Å²) < 4.78 is 49.7. The van der Waals surface area contributed by atoms with E-state index in [0.29, 0.717) is 17.1 Å². The van der Waals surface area contributed by atoms with Gasteiger partial charge in [0.15, 0.2) is 23.2 Å². The molecule has 44 heavy (non-hydrogen) atoms. The monoisotopic (exact) mass is 758 g/mol. The molecular weight excluding hydrogens is 708 g/mol. The van der Waals surface area contributed by atoms with Crippen LogP contribution in [0.25, 0.3) is 0 Å². The molecule has 0 bridgehead atoms. The zero-order valence-electron chi connectivity index (χ0n) is 28.1. The van der Waals surface area contributed by atoms with E-state index < -0.39 is 79.5 Å². The number of esters is 2. The zero-order valence-corrected chi connectivity index (χ0v) is 35.8. The van der Waals surface area contributed by atoms with Crippen LogP contribution in [0.2, 0.25) is 71.0 Å². The number of hydrogen-bond acceptors (Lipinski definition) is 11. The van der Waals surface area contributed by atoms with E-state index in [1.165, 1.54) is 0 Å². The first-order valence-corrected chi connectivity index (χ1v) is 32.2. The first-order valence-electron chi connectivity index (χ1n) is 14.7. The van der Waals surface area contributed by atoms with Crippen LogP contribution < -0.4 is 10.0 Å². The van der Waals surface area contributed by atoms with Gasteiger partial charge in [0.2, 0.25) is 0 Å². The first kappa shape index (κ1) is 41.6. The fraction of sp³-hybridized carbons (Fsp3) is 0.692. The number of aliphatic hydroxyl groups is 1. The first-order chi connectivity index (χ1) is 20.0. The topological polar surface area (TPSA) is 127 Å². The highest BCUT2D eigenvalue weighted by molar-refractivity contribution is 8.34. The van der Waals surface area contributed by atoms with Gasteiger partial charge in [-0.2, -0.15) is 0 Å². The van der Waals surface area contributed by atoms with E-state index in [-0.39, 0.29) is 12.7 Å². The molecule has 0 radical (unpaired) electrons. The van der Waals surface area contributed by atoms with Gasteiger partial charge in [0, 0.05) is 17.4 Å². The van der Waals surface area contributed by atoms with Crippen molar-refractivity contribution >= 4 is 87.5 Å². The van der Waals surface area contributed by atoms with E-state index >= 15 is 0 Å². The second kappa shape index (κ2) is 17.7. The van der Waals surface area contributed by atoms with E-state index in [1.54, 1.807) is 45.0 Å². The minimum atomic E-state index is -3.19. The molecule has 0 aliphatic carbocycles. The van der Waals surface area contributed by atoms with Gasteiger partial charge in [-0.1, -0.05) is 13.8 Å². The Kier molecular flexibility index (Phi) is 16.7. The highest BCUT2D eigenvalue weighted by Crippen LogP contribution is 2.33. The second-order valence-corrected chi connectivity index (χ2v) is 35.9. The summed E-state index contributed by atoms with van der Waals surface area (Å²) in [5.41, 5.74) is 0. The van der Waals surface area contributed by atoms with Gasteiger partial charge in [0.25, 0.3) is 9.28 Å². The maximum atomic E-state index is 13.3. The van der Waals surface area contributed by atoms with Crippen molar-refractivity contribution in [1.29, 1.82) is 0 Å². The lowest BCUT2D eigenvalue weighted by molar-refractivity contribution is -0.150. The van der Waals surface area contributed by atoms with Crippen LogP contribution in [0.3, 0.4) is 0 Å². The number of aliphatic hydroxyl groups excluding tert-OH is 1. The van der Waals surface area contributed by atoms with Gasteiger partial charge in [0.05, 0.1) is 17.9 Å². The SMILES string of the molecule is CC(O)COC(=O)C(C)C[Si](C)(O[Si](C)(C)C)O[Si](C)(CC(C)C(=O)Oc1ccc(P(=O)=S=S)cc1)O[SiH](C)O[Si](C)(C)C. The fourth-order valence-corrected chi connectivity index (χ4v) is 28.0. The summed E-state index contributed by atoms with van der Waals surface area (Å²) in [6.07, 6.45) is -0.763. The summed E-state index contributed by atoms with van der Waals surface area (Å²) in [4.78, 5) is 26.1. The Bertz CT molecular complexity index is 1220. The second-order valence-electron chi connectivity index (χ2n) is 13.4. The lowest BCUT2D eigenvalue weighted by Gasteiger charge is -2.43. The van der Waals surface area contributed by atoms with Crippen molar-refractivity contribution in [3.63, 3.8) is 0 Å². The third-order valence-corrected chi connectivity index (χ3v) is 26.8. The average molecular weight is 759 g/mol. The van der Waals surface area contributed by atoms with Crippen LogP contribution in [0.1, 0.15) is 20.8 Å². The Morgan fingerprint density at radius 3 is 1.86 bits per heavy atom. The summed E-state index contributed by atoms with van der Waals surface area (Å²) in [6.45, 7) is 21.6. The Balaban J connectivity index is 3.33. The molecule has 0 saturated carbocycles. The Morgan fingerprint density at radius 2 is 1.39 bits per heavy atom. The highest BCUT2D eigenvalue weighted by Gasteiger charge is 2.49. The molecule has 0 spiro atoms. The summed E-state index contributed by atoms with van der Waals surface area (Å²) >= 11 is 4.81. The van der Waals surface area contributed by atoms with Crippen LogP contribution in [-0.4, -0.2) is 72.8 Å². The molecule has 7 atom stereocenters. The molecule has 0 fully saturated rings. The predicted molar refractivity (Wildman–Crippen MR) is 192 cm³/mol. The van der Waals surface area contributed by atoms with E-state index in [1.807, 2.05) is 19.6 Å². The van der Waals surface area contributed by atoms with Crippen molar-refractivity contribution in [2.24, 2.45) is 11.8 Å². The molecular formula is C26H51O10PS2Si5. The lowest BCUT2D eigenvalue weighted by Crippen LogP contribution is -2.59. The quantitative estimate of drug-likeness (QED) is 0.0892. The minimum Gasteiger partial charge on any atom is -0.463 e. The molecule has 1 aromatic carbocycles. The Hall–Kier alpha value is -0.416. The summed E-state index contributed by atoms with van der Waals surface area (Å²) in [7, 11) is -11.7. The van der Waals surface area contributed by atoms with Crippen molar-refractivity contribution in [2.75, 3.05) is 6.61 Å². The van der Waals surface area contributed by atoms with Crippen LogP contribution in [-0.2, 0) is 56.0 Å². The van der Waals surface area contributed by atoms with Gasteiger partial charge in [-0.15, -0.1) is 0 Å². The lowest BCUT2D eigenvalue weighted by atomic mass is 10.2. The summed E-state index contributed by atoms with van der Waals surface area (Å²) in [5.74, 6) is -1.66. The van der Waals surface area contributed by atoms with Crippen LogP contribution in [0.4, 0.5) is 0 Å². The van der Waals surface area contributed by atoms with E-state index in [0.717, 1.165) is 9.50 Å². The number of carbonyl (C=O) groups excluding carboxylic acids is 2. The molecule has 18 heteroatoms. The van der Waals surface area contributed by atoms with Crippen LogP contribution in [0.5, 0.6) is 5.75 Å². The van der Waals surface area contributed by atoms with Gasteiger partial charge in [-0.25, -0.2) is 0 Å². The maximum absolute atomic E-state index is 13.3. The Morgan fingerprint density at radius 1 is 0.864 bits per heavy atom. The van der Waals surface area contributed by atoms with E-state index in [9.17, 15) is 19.3 Å². The molecule has 1 aromatic rings. The smallest absolute Gasteiger partial charge is 0.318 e. The zero-order chi connectivity index (χ0) is 34.1. The molecule has 0 saturated heterocycles. The van der Waals surface area contributed by atoms with Crippen molar-refractivity contribution in [3.8, 4) is 5.75 Å². The molecule has 0 aromatic heterocycles. The Labute approximate surface area is 277 Å². The predicted octanol–water partition coefficient (Wildman–Crippen LogP) is 5.43. The van der Waals surface area contributed by atoms with Gasteiger partial charge < -0.3 is 31.0 Å². The van der Waals surface area contributed by atoms with Crippen molar-refractivity contribution in [3.05, 3.63) is 24.3 Å². The number of hydrogen-bond donors (Lipinski definition) is 1. The van der Waals surface area contributed by atoms with Crippen LogP contribution >= 0.6 is 6.58 Å². The van der Waals surface area contributed by atoms with Crippen LogP contribution in [0, 0.1) is 11.8 Å². The van der Waals surface area contributed by atoms with Crippen molar-refractivity contribution in [2.45, 2.75) is 97.9 Å². The summed E-state index contributed by atoms with van der Waals surface area (Å²) in [6, 6.07) is 7.08. The molecule has 0 aliphatic rings. The maximum Gasteiger partial charge on any atom is 0.318 e. The van der Waals surface area contributed by atoms with E-state index in [4.69, 9.17) is 37.1 Å². The molecule has 252 valence electrons. The fourth-order valence-electron chi connectivity index (χ4n) is 4.72. The molecule has 0 aliphatic heterocycles. The molecule has 0 amide bonds. The summed E-state index contributed by atoms with van der Waals surface area (Å²) in [5, 5.41) is 10.1. The highest BCUT2D eigenvalue weighted by atomic mass is 32.9. The van der Waals surface area contributed by atoms with Crippen molar-refractivity contribution < 1.29 is 45.2 Å². The molecule has 1 rings (SSSR count). The minimum absolute atomic E-state index is 0.0858. The van der Waals surface area contributed by atoms with Gasteiger partial charge in [-0.05, 0) is 111 Å². The molecule has 0 heterocycles. The standard InChI is InChI=1S/C26H51O10PS2Si5/c1-20(25(28)31-17-22(3)27)19-44(12,35-42(8,9)10)36-43(11,34-40(4)33-41(5,6)7)18-21(2)26(29)32-23-13-15-24(16-14-23)37(30)39-38/h13-16,20-22,27,40H,17-19H2,1-12H3. The molecule has 7 unspecified atom stereocenters. The largest absolute Gasteiger partial charge is 0.463 e. The third kappa shape index (κ3) is 16.4. The van der Waals surface area contributed by atoms with E-state index in [2.05, 4.69) is 39.3 Å². The third-order valence-electron chi connectivity index (χ3n) is 5.85. The molecule has 1 N–H and O–H groups in total. The number of rotatable bonds is 18. The average Bonchev–Trinajstić information content (AvgIpc) is 2.83. The van der Waals surface area contributed by atoms with Crippen LogP contribution in [0.15, 0.2) is 24.3 Å². The number of carbonyl (C=O) groups is 2. The van der Waals surface area contributed by atoms with Gasteiger partial charge >= 0.3 is 29.1 Å². The normalized spacial score (nSPS) is 18.2. The molecule has 10 nitrogen and oxygen atoms in total. The van der Waals surface area contributed by atoms with Gasteiger partial charge in [-0.3, -0.25) is 14.2 Å². The van der Waals surface area contributed by atoms with Crippen molar-refractivity contribution in [1.82, 2.24) is 0 Å².